The standard InChI is InChI=1S/C79H50N4OS/c80-51-52-15-14-18-55(43-52)60-44-59(53-16-4-1-5-17-53)45-67(46-60)82(65-36-34-64(35-37-65)81(61-19-6-2-7-20-61)66-38-42-79-73(50-66)71-24-11-13-26-78(71)85-79)63-32-27-54(28-33-63)58-30-40-70-72-47-56(31-41-76(72)84-77(70)49-58)57-29-39-69-68-23-10-12-25-74(68)83(75(69)48-57)62-21-8-3-9-22-62/h1-50H. The number of thiophene rings is 1. The van der Waals surface area contributed by atoms with Crippen LogP contribution in [-0.4, -0.2) is 4.57 Å². The van der Waals surface area contributed by atoms with Gasteiger partial charge in [-0.25, -0.2) is 0 Å². The van der Waals surface area contributed by atoms with Gasteiger partial charge in [0.05, 0.1) is 22.7 Å². The molecular weight excluding hydrogens is 1050 g/mol. The second-order valence-corrected chi connectivity index (χ2v) is 22.7. The first-order chi connectivity index (χ1) is 42.0. The van der Waals surface area contributed by atoms with Crippen molar-refractivity contribution in [2.45, 2.75) is 0 Å². The van der Waals surface area contributed by atoms with Crippen molar-refractivity contribution in [2.75, 3.05) is 9.80 Å². The molecule has 16 aromatic rings. The van der Waals surface area contributed by atoms with Crippen LogP contribution in [-0.2, 0) is 0 Å². The molecule has 0 N–H and O–H groups in total. The summed E-state index contributed by atoms with van der Waals surface area (Å²) >= 11 is 1.83. The molecule has 0 aliphatic rings. The number of para-hydroxylation sites is 3. The lowest BCUT2D eigenvalue weighted by Crippen LogP contribution is -2.12. The second kappa shape index (κ2) is 20.6. The maximum absolute atomic E-state index is 10.0. The number of hydrogen-bond acceptors (Lipinski definition) is 5. The Balaban J connectivity index is 0.783. The molecule has 0 unspecified atom stereocenters. The summed E-state index contributed by atoms with van der Waals surface area (Å²) in [5.74, 6) is 0. The minimum atomic E-state index is 0.616. The van der Waals surface area contributed by atoms with Gasteiger partial charge in [-0.2, -0.15) is 5.26 Å². The fourth-order valence-electron chi connectivity index (χ4n) is 12.5. The van der Waals surface area contributed by atoms with E-state index in [9.17, 15) is 5.26 Å². The van der Waals surface area contributed by atoms with E-state index in [1.165, 1.54) is 42.0 Å². The Morgan fingerprint density at radius 1 is 0.294 bits per heavy atom. The molecule has 3 aromatic heterocycles. The third-order valence-corrected chi connectivity index (χ3v) is 17.7. The van der Waals surface area contributed by atoms with Crippen molar-refractivity contribution in [3.8, 4) is 56.3 Å². The van der Waals surface area contributed by atoms with Crippen LogP contribution in [0.4, 0.5) is 34.1 Å². The van der Waals surface area contributed by atoms with Gasteiger partial charge < -0.3 is 18.8 Å². The normalized spacial score (nSPS) is 11.5. The highest BCUT2D eigenvalue weighted by Crippen LogP contribution is 2.45. The highest BCUT2D eigenvalue weighted by molar-refractivity contribution is 7.25. The van der Waals surface area contributed by atoms with Gasteiger partial charge in [-0.1, -0.05) is 152 Å². The first-order valence-electron chi connectivity index (χ1n) is 28.6. The number of nitrogens with zero attached hydrogens (tertiary/aromatic N) is 4. The zero-order chi connectivity index (χ0) is 56.4. The van der Waals surface area contributed by atoms with Crippen LogP contribution in [0.15, 0.2) is 308 Å². The molecule has 5 nitrogen and oxygen atoms in total. The Bertz CT molecular complexity index is 5250. The highest BCUT2D eigenvalue weighted by Gasteiger charge is 2.21. The Kier molecular flexibility index (Phi) is 12.0. The maximum Gasteiger partial charge on any atom is 0.136 e. The monoisotopic (exact) mass is 1100 g/mol. The van der Waals surface area contributed by atoms with Gasteiger partial charge in [0.15, 0.2) is 0 Å². The van der Waals surface area contributed by atoms with Crippen LogP contribution in [0.5, 0.6) is 0 Å². The minimum absolute atomic E-state index is 0.616. The molecule has 13 aromatic carbocycles. The molecule has 85 heavy (non-hydrogen) atoms. The molecule has 0 fully saturated rings. The third kappa shape index (κ3) is 8.86. The zero-order valence-corrected chi connectivity index (χ0v) is 46.8. The maximum atomic E-state index is 10.0. The number of benzene rings is 13. The molecule has 0 saturated carbocycles. The predicted molar refractivity (Wildman–Crippen MR) is 357 cm³/mol. The van der Waals surface area contributed by atoms with Gasteiger partial charge in [0.2, 0.25) is 0 Å². The Labute approximate surface area is 495 Å². The Hall–Kier alpha value is -11.2. The fourth-order valence-corrected chi connectivity index (χ4v) is 13.6. The molecule has 0 radical (unpaired) electrons. The largest absolute Gasteiger partial charge is 0.456 e. The van der Waals surface area contributed by atoms with Crippen molar-refractivity contribution >= 4 is 109 Å². The minimum Gasteiger partial charge on any atom is -0.456 e. The summed E-state index contributed by atoms with van der Waals surface area (Å²) in [5.41, 5.74) is 20.6. The van der Waals surface area contributed by atoms with Crippen molar-refractivity contribution in [3.05, 3.63) is 309 Å². The summed E-state index contributed by atoms with van der Waals surface area (Å²) in [6.07, 6.45) is 0. The topological polar surface area (TPSA) is 48.3 Å². The summed E-state index contributed by atoms with van der Waals surface area (Å²) in [5, 5.41) is 17.2. The van der Waals surface area contributed by atoms with Crippen LogP contribution < -0.4 is 9.80 Å². The molecule has 0 saturated heterocycles. The first-order valence-corrected chi connectivity index (χ1v) is 29.4. The predicted octanol–water partition coefficient (Wildman–Crippen LogP) is 22.5. The zero-order valence-electron chi connectivity index (χ0n) is 46.0. The molecule has 398 valence electrons. The molecule has 16 rings (SSSR count). The van der Waals surface area contributed by atoms with E-state index in [0.717, 1.165) is 106 Å². The van der Waals surface area contributed by atoms with Crippen molar-refractivity contribution in [1.29, 1.82) is 5.26 Å². The van der Waals surface area contributed by atoms with E-state index in [2.05, 4.69) is 306 Å². The quantitative estimate of drug-likeness (QED) is 0.129. The molecular formula is C79H50N4OS. The van der Waals surface area contributed by atoms with Crippen molar-refractivity contribution in [2.24, 2.45) is 0 Å². The van der Waals surface area contributed by atoms with Gasteiger partial charge in [0.1, 0.15) is 11.2 Å². The first kappa shape index (κ1) is 49.6. The molecule has 0 spiro atoms. The van der Waals surface area contributed by atoms with Crippen molar-refractivity contribution in [3.63, 3.8) is 0 Å². The second-order valence-electron chi connectivity index (χ2n) is 21.6. The number of furan rings is 1. The van der Waals surface area contributed by atoms with Gasteiger partial charge >= 0.3 is 0 Å². The third-order valence-electron chi connectivity index (χ3n) is 16.6. The van der Waals surface area contributed by atoms with E-state index in [0.29, 0.717) is 5.56 Å². The number of anilines is 6. The number of hydrogen-bond donors (Lipinski definition) is 0. The molecule has 3 heterocycles. The summed E-state index contributed by atoms with van der Waals surface area (Å²) < 4.78 is 11.6. The number of nitriles is 1. The summed E-state index contributed by atoms with van der Waals surface area (Å²) in [6.45, 7) is 0. The average molecular weight is 1100 g/mol. The Morgan fingerprint density at radius 2 is 0.824 bits per heavy atom. The molecule has 0 bridgehead atoms. The number of aromatic nitrogens is 1. The molecule has 0 atom stereocenters. The molecule has 0 aliphatic carbocycles. The lowest BCUT2D eigenvalue weighted by molar-refractivity contribution is 0.669. The fraction of sp³-hybridized carbons (Fsp3) is 0. The highest BCUT2D eigenvalue weighted by atomic mass is 32.1. The lowest BCUT2D eigenvalue weighted by atomic mass is 9.96. The summed E-state index contributed by atoms with van der Waals surface area (Å²) in [6, 6.07) is 111. The van der Waals surface area contributed by atoms with E-state index in [1.54, 1.807) is 0 Å². The lowest BCUT2D eigenvalue weighted by Gasteiger charge is -2.29. The van der Waals surface area contributed by atoms with Gasteiger partial charge in [-0.3, -0.25) is 0 Å². The SMILES string of the molecule is N#Cc1cccc(-c2cc(-c3ccccc3)cc(N(c3ccc(-c4ccc5c(c4)oc4ccc(-c6ccc7c8ccccc8n(-c8ccccc8)c7c6)cc45)cc3)c3ccc(N(c4ccccc4)c4ccc5sc6ccccc6c5c4)cc3)c2)c1. The van der Waals surface area contributed by atoms with E-state index in [-0.39, 0.29) is 0 Å². The summed E-state index contributed by atoms with van der Waals surface area (Å²) in [4.78, 5) is 4.68. The van der Waals surface area contributed by atoms with E-state index >= 15 is 0 Å². The van der Waals surface area contributed by atoms with E-state index in [1.807, 2.05) is 29.5 Å². The average Bonchev–Trinajstić information content (AvgIpc) is 2.72. The molecule has 6 heteroatoms. The van der Waals surface area contributed by atoms with E-state index in [4.69, 9.17) is 4.42 Å². The van der Waals surface area contributed by atoms with Crippen LogP contribution in [0.1, 0.15) is 5.56 Å². The number of rotatable bonds is 11. The smallest absolute Gasteiger partial charge is 0.136 e. The van der Waals surface area contributed by atoms with Crippen molar-refractivity contribution < 1.29 is 4.42 Å². The van der Waals surface area contributed by atoms with Gasteiger partial charge in [0.25, 0.3) is 0 Å². The number of fused-ring (bicyclic) bond motifs is 9. The van der Waals surface area contributed by atoms with Crippen LogP contribution >= 0.6 is 11.3 Å². The van der Waals surface area contributed by atoms with Crippen LogP contribution in [0.25, 0.3) is 114 Å². The van der Waals surface area contributed by atoms with Crippen LogP contribution in [0.2, 0.25) is 0 Å². The van der Waals surface area contributed by atoms with Gasteiger partial charge in [-0.05, 0) is 196 Å². The van der Waals surface area contributed by atoms with E-state index < -0.39 is 0 Å². The molecule has 0 amide bonds. The van der Waals surface area contributed by atoms with Crippen LogP contribution in [0, 0.1) is 11.3 Å². The Morgan fingerprint density at radius 3 is 1.59 bits per heavy atom. The van der Waals surface area contributed by atoms with Crippen molar-refractivity contribution in [1.82, 2.24) is 4.57 Å². The van der Waals surface area contributed by atoms with Crippen LogP contribution in [0.3, 0.4) is 0 Å². The van der Waals surface area contributed by atoms with Gasteiger partial charge in [0, 0.05) is 81.5 Å². The summed E-state index contributed by atoms with van der Waals surface area (Å²) in [7, 11) is 0. The van der Waals surface area contributed by atoms with Gasteiger partial charge in [-0.15, -0.1) is 11.3 Å². The molecule has 0 aliphatic heterocycles.